The number of amides is 1. The Labute approximate surface area is 101 Å². The van der Waals surface area contributed by atoms with Crippen molar-refractivity contribution < 1.29 is 9.90 Å². The summed E-state index contributed by atoms with van der Waals surface area (Å²) in [5.41, 5.74) is 1.14. The summed E-state index contributed by atoms with van der Waals surface area (Å²) in [6.45, 7) is 0.637. The van der Waals surface area contributed by atoms with E-state index in [1.165, 1.54) is 0 Å². The lowest BCUT2D eigenvalue weighted by Gasteiger charge is -2.47. The van der Waals surface area contributed by atoms with E-state index in [9.17, 15) is 9.90 Å². The first-order chi connectivity index (χ1) is 8.25. The highest BCUT2D eigenvalue weighted by Gasteiger charge is 2.45. The Morgan fingerprint density at radius 1 is 1.24 bits per heavy atom. The van der Waals surface area contributed by atoms with Gasteiger partial charge < -0.3 is 10.0 Å². The molecule has 2 bridgehead atoms. The van der Waals surface area contributed by atoms with Gasteiger partial charge in [-0.3, -0.25) is 4.79 Å². The fourth-order valence-electron chi connectivity index (χ4n) is 3.09. The Morgan fingerprint density at radius 2 is 2.00 bits per heavy atom. The van der Waals surface area contributed by atoms with Crippen LogP contribution in [0.3, 0.4) is 0 Å². The Morgan fingerprint density at radius 3 is 2.71 bits per heavy atom. The minimum absolute atomic E-state index is 0.0349. The standard InChI is InChI=1S/C14H17NO2/c16-13-8-11-6-7-12(13)15(14(11)17)9-10-4-2-1-3-5-10/h1-5,11-13,16H,6-9H2/t11-,12+,13+/m0/s1. The molecule has 1 saturated carbocycles. The first-order valence-corrected chi connectivity index (χ1v) is 6.28. The van der Waals surface area contributed by atoms with Gasteiger partial charge in [-0.05, 0) is 24.8 Å². The van der Waals surface area contributed by atoms with Gasteiger partial charge in [0.1, 0.15) is 0 Å². The predicted molar refractivity (Wildman–Crippen MR) is 64.1 cm³/mol. The Bertz CT molecular complexity index is 417. The number of carbonyl (C=O) groups excluding carboxylic acids is 1. The topological polar surface area (TPSA) is 40.5 Å². The van der Waals surface area contributed by atoms with Gasteiger partial charge in [0.2, 0.25) is 5.91 Å². The summed E-state index contributed by atoms with van der Waals surface area (Å²) < 4.78 is 0. The molecule has 1 N–H and O–H groups in total. The summed E-state index contributed by atoms with van der Waals surface area (Å²) in [6, 6.07) is 10.0. The van der Waals surface area contributed by atoms with Gasteiger partial charge in [-0.2, -0.15) is 0 Å². The van der Waals surface area contributed by atoms with Crippen molar-refractivity contribution in [3.63, 3.8) is 0 Å². The molecule has 3 fully saturated rings. The van der Waals surface area contributed by atoms with Crippen LogP contribution in [0.4, 0.5) is 0 Å². The number of aliphatic hydroxyl groups is 1. The number of hydrogen-bond acceptors (Lipinski definition) is 2. The van der Waals surface area contributed by atoms with Gasteiger partial charge in [0.15, 0.2) is 0 Å². The summed E-state index contributed by atoms with van der Waals surface area (Å²) in [4.78, 5) is 14.0. The van der Waals surface area contributed by atoms with E-state index >= 15 is 0 Å². The van der Waals surface area contributed by atoms with Gasteiger partial charge >= 0.3 is 0 Å². The van der Waals surface area contributed by atoms with Crippen molar-refractivity contribution in [3.05, 3.63) is 35.9 Å². The van der Waals surface area contributed by atoms with E-state index in [0.29, 0.717) is 13.0 Å². The van der Waals surface area contributed by atoms with Gasteiger partial charge in [0, 0.05) is 12.5 Å². The summed E-state index contributed by atoms with van der Waals surface area (Å²) >= 11 is 0. The normalized spacial score (nSPS) is 31.9. The first kappa shape index (κ1) is 10.8. The molecule has 1 aromatic rings. The molecule has 0 aromatic heterocycles. The zero-order valence-corrected chi connectivity index (χ0v) is 9.75. The van der Waals surface area contributed by atoms with Gasteiger partial charge in [0.05, 0.1) is 12.1 Å². The number of benzene rings is 1. The van der Waals surface area contributed by atoms with Crippen LogP contribution < -0.4 is 0 Å². The lowest BCUT2D eigenvalue weighted by molar-refractivity contribution is -0.157. The molecule has 1 aliphatic carbocycles. The fraction of sp³-hybridized carbons (Fsp3) is 0.500. The molecular weight excluding hydrogens is 214 g/mol. The van der Waals surface area contributed by atoms with Gasteiger partial charge in [0.25, 0.3) is 0 Å². The third-order valence-electron chi connectivity index (χ3n) is 4.01. The van der Waals surface area contributed by atoms with E-state index < -0.39 is 0 Å². The number of carbonyl (C=O) groups is 1. The molecule has 3 atom stereocenters. The lowest BCUT2D eigenvalue weighted by Crippen LogP contribution is -2.58. The molecule has 3 nitrogen and oxygen atoms in total. The maximum atomic E-state index is 12.2. The molecule has 3 aliphatic rings. The minimum atomic E-state index is -0.324. The van der Waals surface area contributed by atoms with E-state index in [4.69, 9.17) is 0 Å². The average Bonchev–Trinajstić information content (AvgIpc) is 2.35. The van der Waals surface area contributed by atoms with Crippen molar-refractivity contribution in [3.8, 4) is 0 Å². The van der Waals surface area contributed by atoms with Gasteiger partial charge in [-0.15, -0.1) is 0 Å². The summed E-state index contributed by atoms with van der Waals surface area (Å²) in [7, 11) is 0. The summed E-state index contributed by atoms with van der Waals surface area (Å²) in [6.07, 6.45) is 2.24. The van der Waals surface area contributed by atoms with E-state index in [1.807, 2.05) is 35.2 Å². The third kappa shape index (κ3) is 1.84. The van der Waals surface area contributed by atoms with Crippen LogP contribution in [0.5, 0.6) is 0 Å². The smallest absolute Gasteiger partial charge is 0.226 e. The SMILES string of the molecule is O=C1[C@H]2CC[C@H]([C@H](O)C2)N1Cc1ccccc1. The van der Waals surface area contributed by atoms with Crippen LogP contribution in [-0.4, -0.2) is 28.1 Å². The Balaban J connectivity index is 1.81. The molecule has 3 heteroatoms. The van der Waals surface area contributed by atoms with Gasteiger partial charge in [-0.25, -0.2) is 0 Å². The third-order valence-corrected chi connectivity index (χ3v) is 4.01. The van der Waals surface area contributed by atoms with Crippen LogP contribution in [0, 0.1) is 5.92 Å². The first-order valence-electron chi connectivity index (χ1n) is 6.28. The van der Waals surface area contributed by atoms with Crippen LogP contribution >= 0.6 is 0 Å². The van der Waals surface area contributed by atoms with Crippen LogP contribution in [0.15, 0.2) is 30.3 Å². The fourth-order valence-corrected chi connectivity index (χ4v) is 3.09. The molecule has 2 aliphatic heterocycles. The molecule has 90 valence electrons. The highest BCUT2D eigenvalue weighted by Crippen LogP contribution is 2.36. The number of piperidine rings is 2. The van der Waals surface area contributed by atoms with Crippen molar-refractivity contribution in [1.82, 2.24) is 4.90 Å². The monoisotopic (exact) mass is 231 g/mol. The summed E-state index contributed by atoms with van der Waals surface area (Å²) in [5.74, 6) is 0.286. The van der Waals surface area contributed by atoms with Crippen molar-refractivity contribution in [2.75, 3.05) is 0 Å². The quantitative estimate of drug-likeness (QED) is 0.839. The molecule has 2 saturated heterocycles. The van der Waals surface area contributed by atoms with Gasteiger partial charge in [-0.1, -0.05) is 30.3 Å². The highest BCUT2D eigenvalue weighted by molar-refractivity contribution is 5.81. The van der Waals surface area contributed by atoms with Crippen LogP contribution in [0.1, 0.15) is 24.8 Å². The molecule has 0 spiro atoms. The molecule has 17 heavy (non-hydrogen) atoms. The second-order valence-corrected chi connectivity index (χ2v) is 5.10. The van der Waals surface area contributed by atoms with E-state index in [-0.39, 0.29) is 24.0 Å². The van der Waals surface area contributed by atoms with E-state index in [0.717, 1.165) is 18.4 Å². The second kappa shape index (κ2) is 4.15. The van der Waals surface area contributed by atoms with Crippen molar-refractivity contribution in [1.29, 1.82) is 0 Å². The number of hydrogen-bond donors (Lipinski definition) is 1. The van der Waals surface area contributed by atoms with Crippen molar-refractivity contribution in [2.24, 2.45) is 5.92 Å². The lowest BCUT2D eigenvalue weighted by atomic mass is 9.77. The van der Waals surface area contributed by atoms with Crippen LogP contribution in [-0.2, 0) is 11.3 Å². The average molecular weight is 231 g/mol. The molecular formula is C14H17NO2. The molecule has 0 radical (unpaired) electrons. The van der Waals surface area contributed by atoms with E-state index in [1.54, 1.807) is 0 Å². The Hall–Kier alpha value is -1.35. The van der Waals surface area contributed by atoms with E-state index in [2.05, 4.69) is 0 Å². The highest BCUT2D eigenvalue weighted by atomic mass is 16.3. The zero-order valence-electron chi connectivity index (χ0n) is 9.75. The number of fused-ring (bicyclic) bond motifs is 3. The van der Waals surface area contributed by atoms with Crippen molar-refractivity contribution >= 4 is 5.91 Å². The Kier molecular flexibility index (Phi) is 2.63. The number of rotatable bonds is 2. The maximum Gasteiger partial charge on any atom is 0.226 e. The molecule has 2 heterocycles. The second-order valence-electron chi connectivity index (χ2n) is 5.10. The molecule has 1 aromatic carbocycles. The number of aliphatic hydroxyl groups excluding tert-OH is 1. The predicted octanol–water partition coefficient (Wildman–Crippen LogP) is 1.56. The molecule has 0 unspecified atom stereocenters. The largest absolute Gasteiger partial charge is 0.391 e. The van der Waals surface area contributed by atoms with Crippen LogP contribution in [0.2, 0.25) is 0 Å². The molecule has 1 amide bonds. The molecule has 4 rings (SSSR count). The van der Waals surface area contributed by atoms with Crippen molar-refractivity contribution in [2.45, 2.75) is 38.0 Å². The minimum Gasteiger partial charge on any atom is -0.391 e. The van der Waals surface area contributed by atoms with Crippen LogP contribution in [0.25, 0.3) is 0 Å². The maximum absolute atomic E-state index is 12.2. The number of nitrogens with zero attached hydrogens (tertiary/aromatic N) is 1. The summed E-state index contributed by atoms with van der Waals surface area (Å²) in [5, 5.41) is 9.97. The zero-order chi connectivity index (χ0) is 11.8.